The van der Waals surface area contributed by atoms with Gasteiger partial charge in [-0.05, 0) is 101 Å². The molecule has 0 bridgehead atoms. The van der Waals surface area contributed by atoms with E-state index in [4.69, 9.17) is 0 Å². The summed E-state index contributed by atoms with van der Waals surface area (Å²) in [5.74, 6) is -3.36. The van der Waals surface area contributed by atoms with Gasteiger partial charge in [0.2, 0.25) is 0 Å². The monoisotopic (exact) mass is 1150 g/mol. The van der Waals surface area contributed by atoms with E-state index in [1.165, 1.54) is 30.3 Å². The average Bonchev–Trinajstić information content (AvgIpc) is 3.19. The summed E-state index contributed by atoms with van der Waals surface area (Å²) < 4.78 is 144. The zero-order valence-corrected chi connectivity index (χ0v) is 48.8. The number of nitrogens with zero attached hydrogens (tertiary/aromatic N) is 4. The van der Waals surface area contributed by atoms with Crippen LogP contribution in [0.3, 0.4) is 0 Å². The third kappa shape index (κ3) is 14.8. The number of para-hydroxylation sites is 1. The zero-order chi connectivity index (χ0) is 45.8. The smallest absolute Gasteiger partial charge is 0.744 e. The Bertz CT molecular complexity index is 3620. The van der Waals surface area contributed by atoms with Crippen LogP contribution in [0.15, 0.2) is 149 Å². The Balaban J connectivity index is 0.00000397. The van der Waals surface area contributed by atoms with Crippen molar-refractivity contribution in [1.82, 2.24) is 0 Å². The second-order valence-corrected chi connectivity index (χ2v) is 18.6. The maximum Gasteiger partial charge on any atom is 1.00 e. The molecule has 0 saturated heterocycles. The molecule has 7 aromatic rings. The summed E-state index contributed by atoms with van der Waals surface area (Å²) in [5.41, 5.74) is -1.01. The third-order valence-corrected chi connectivity index (χ3v) is 12.5. The summed E-state index contributed by atoms with van der Waals surface area (Å²) >= 11 is 0. The molecule has 69 heavy (non-hydrogen) atoms. The Morgan fingerprint density at radius 3 is 1.35 bits per heavy atom. The zero-order valence-electron chi connectivity index (χ0n) is 35.6. The summed E-state index contributed by atoms with van der Waals surface area (Å²) in [4.78, 5) is -5.06. The van der Waals surface area contributed by atoms with Crippen LogP contribution in [0.25, 0.3) is 32.7 Å². The molecule has 0 spiro atoms. The second-order valence-electron chi connectivity index (χ2n) is 13.2. The molecule has 0 unspecified atom stereocenters. The van der Waals surface area contributed by atoms with Crippen LogP contribution in [0, 0.1) is 0 Å². The molecule has 0 heterocycles. The molecule has 2 radical (unpaired) electrons. The van der Waals surface area contributed by atoms with Crippen LogP contribution >= 0.6 is 0 Å². The fourth-order valence-corrected chi connectivity index (χ4v) is 8.87. The van der Waals surface area contributed by atoms with Crippen molar-refractivity contribution in [2.24, 2.45) is 20.5 Å². The van der Waals surface area contributed by atoms with Crippen molar-refractivity contribution >= 4 is 96.1 Å². The van der Waals surface area contributed by atoms with E-state index in [-0.39, 0.29) is 186 Å². The SMILES string of the molecule is O=S(=O)([O-])c1cc(S(=O)(=O)[O-])c2c(O)c(N=Nc3ccc(-c4ccc(N=Nc5c(S(=O)(=O)[O-])cc6cc(Nc7ccccc7)ccc6c5O)c(O)c4)cc3O)c(S(=O)(=O)[O-])cc2c1.[Cu].[Cu].[Na+].[Na+].[Na+].[Na+]. The number of nitrogens with one attached hydrogen (secondary N) is 1. The van der Waals surface area contributed by atoms with Gasteiger partial charge < -0.3 is 44.0 Å². The summed E-state index contributed by atoms with van der Waals surface area (Å²) in [5, 5.41) is 59.9. The van der Waals surface area contributed by atoms with Crippen LogP contribution in [-0.2, 0) is 74.6 Å². The summed E-state index contributed by atoms with van der Waals surface area (Å²) in [6, 6.07) is 22.7. The van der Waals surface area contributed by atoms with E-state index >= 15 is 0 Å². The minimum absolute atomic E-state index is 0. The molecule has 31 heteroatoms. The minimum atomic E-state index is -5.68. The number of phenols is 4. The number of hydrogen-bond donors (Lipinski definition) is 5. The number of anilines is 2. The van der Waals surface area contributed by atoms with Gasteiger partial charge in [-0.2, -0.15) is 0 Å². The molecule has 0 aliphatic heterocycles. The van der Waals surface area contributed by atoms with Crippen molar-refractivity contribution in [2.45, 2.75) is 19.6 Å². The van der Waals surface area contributed by atoms with E-state index in [2.05, 4.69) is 25.8 Å². The molecule has 0 atom stereocenters. The fourth-order valence-electron chi connectivity index (χ4n) is 6.24. The first-order valence-electron chi connectivity index (χ1n) is 17.2. The molecule has 7 rings (SSSR count). The number of fused-ring (bicyclic) bond motifs is 2. The predicted octanol–water partition coefficient (Wildman–Crippen LogP) is -5.32. The minimum Gasteiger partial charge on any atom is -0.744 e. The van der Waals surface area contributed by atoms with E-state index in [1.807, 2.05) is 6.07 Å². The van der Waals surface area contributed by atoms with Crippen molar-refractivity contribution in [2.75, 3.05) is 5.32 Å². The quantitative estimate of drug-likeness (QED) is 0.0459. The predicted molar refractivity (Wildman–Crippen MR) is 216 cm³/mol. The van der Waals surface area contributed by atoms with Crippen LogP contribution < -0.4 is 124 Å². The van der Waals surface area contributed by atoms with Crippen molar-refractivity contribution in [3.63, 3.8) is 0 Å². The Morgan fingerprint density at radius 1 is 0.435 bits per heavy atom. The summed E-state index contributed by atoms with van der Waals surface area (Å²) in [6.45, 7) is 0. The first kappa shape index (κ1) is 65.0. The molecule has 0 aliphatic carbocycles. The molecule has 0 aliphatic rings. The van der Waals surface area contributed by atoms with Gasteiger partial charge in [0, 0.05) is 56.3 Å². The molecular formula is C38H23Cu2N5Na4O16S4. The molecule has 5 N–H and O–H groups in total. The van der Waals surface area contributed by atoms with Crippen LogP contribution in [-0.4, -0.2) is 72.3 Å². The molecule has 346 valence electrons. The Morgan fingerprint density at radius 2 is 0.899 bits per heavy atom. The molecule has 0 amide bonds. The van der Waals surface area contributed by atoms with Gasteiger partial charge in [-0.15, -0.1) is 20.5 Å². The number of aromatic hydroxyl groups is 4. The fraction of sp³-hybridized carbons (Fsp3) is 0. The van der Waals surface area contributed by atoms with Gasteiger partial charge in [-0.3, -0.25) is 0 Å². The first-order chi connectivity index (χ1) is 29.4. The largest absolute Gasteiger partial charge is 1.00 e. The number of rotatable bonds is 11. The van der Waals surface area contributed by atoms with Crippen molar-refractivity contribution in [3.05, 3.63) is 109 Å². The first-order valence-corrected chi connectivity index (χ1v) is 22.8. The van der Waals surface area contributed by atoms with Gasteiger partial charge >= 0.3 is 118 Å². The van der Waals surface area contributed by atoms with E-state index in [0.717, 1.165) is 24.3 Å². The van der Waals surface area contributed by atoms with E-state index in [1.54, 1.807) is 30.3 Å². The molecule has 7 aromatic carbocycles. The van der Waals surface area contributed by atoms with Gasteiger partial charge in [0.05, 0.1) is 19.6 Å². The van der Waals surface area contributed by atoms with Gasteiger partial charge in [0.25, 0.3) is 0 Å². The van der Waals surface area contributed by atoms with Crippen molar-refractivity contribution in [3.8, 4) is 34.1 Å². The standard InChI is InChI=1S/C38H27N5O16S4.2Cu.4Na/c44-29-14-19(6-10-27(29)40-42-35-32(62(54,55)56)16-21-12-24(8-9-26(21)37(35)46)39-23-4-2-1-3-5-23)20-7-11-28(30(45)15-20)41-43-36-33(63(57,58)59)17-22-13-25(60(48,49)50)18-31(61(51,52)53)34(22)38(36)47;;;;;;/h1-18,39,44-47H,(H,48,49,50)(H,51,52,53)(H,54,55,56)(H,57,58,59);;;;;;/q;;;4*+1/p-4. The normalized spacial score (nSPS) is 11.7. The molecular weight excluding hydrogens is 1130 g/mol. The Kier molecular flexibility index (Phi) is 23.8. The van der Waals surface area contributed by atoms with Crippen LogP contribution in [0.2, 0.25) is 0 Å². The third-order valence-electron chi connectivity index (χ3n) is 9.10. The number of azo groups is 2. The molecule has 0 aromatic heterocycles. The topological polar surface area (TPSA) is 371 Å². The maximum absolute atomic E-state index is 12.3. The van der Waals surface area contributed by atoms with Crippen LogP contribution in [0.5, 0.6) is 23.0 Å². The van der Waals surface area contributed by atoms with Gasteiger partial charge in [0.15, 0.2) is 11.5 Å². The summed E-state index contributed by atoms with van der Waals surface area (Å²) in [7, 11) is -22.0. The van der Waals surface area contributed by atoms with Crippen LogP contribution in [0.4, 0.5) is 34.1 Å². The number of benzene rings is 7. The van der Waals surface area contributed by atoms with Crippen molar-refractivity contribution < 1.29 is 225 Å². The van der Waals surface area contributed by atoms with Gasteiger partial charge in [0.1, 0.15) is 74.7 Å². The van der Waals surface area contributed by atoms with E-state index < -0.39 is 111 Å². The average molecular weight is 1150 g/mol. The van der Waals surface area contributed by atoms with E-state index in [0.29, 0.717) is 23.5 Å². The Hall–Kier alpha value is -2.06. The van der Waals surface area contributed by atoms with E-state index in [9.17, 15) is 72.3 Å². The molecule has 0 fully saturated rings. The maximum atomic E-state index is 12.3. The van der Waals surface area contributed by atoms with Gasteiger partial charge in [-0.1, -0.05) is 30.3 Å². The summed E-state index contributed by atoms with van der Waals surface area (Å²) in [6.07, 6.45) is 0. The van der Waals surface area contributed by atoms with Crippen molar-refractivity contribution in [1.29, 1.82) is 0 Å². The number of hydrogen-bond acceptors (Lipinski definition) is 21. The molecule has 21 nitrogen and oxygen atoms in total. The van der Waals surface area contributed by atoms with Gasteiger partial charge in [-0.25, -0.2) is 33.7 Å². The second kappa shape index (κ2) is 25.3. The number of phenolic OH excluding ortho intramolecular Hbond substituents is 4. The Labute approximate surface area is 502 Å². The van der Waals surface area contributed by atoms with Crippen LogP contribution in [0.1, 0.15) is 0 Å². The molecule has 0 saturated carbocycles.